The van der Waals surface area contributed by atoms with Gasteiger partial charge in [0.25, 0.3) is 0 Å². The van der Waals surface area contributed by atoms with Gasteiger partial charge in [-0.25, -0.2) is 9.59 Å². The monoisotopic (exact) mass is 359 g/mol. The summed E-state index contributed by atoms with van der Waals surface area (Å²) in [6, 6.07) is 16.0. The van der Waals surface area contributed by atoms with Crippen molar-refractivity contribution in [2.45, 2.75) is 25.5 Å². The van der Waals surface area contributed by atoms with Crippen molar-refractivity contribution in [2.24, 2.45) is 0 Å². The molecule has 0 fully saturated rings. The highest BCUT2D eigenvalue weighted by Gasteiger charge is 2.25. The Kier molecular flexibility index (Phi) is 6.89. The number of amides is 1. The number of carboxylic acids is 1. The third-order valence-electron chi connectivity index (χ3n) is 3.82. The maximum absolute atomic E-state index is 12.1. The molecule has 0 aliphatic heterocycles. The zero-order chi connectivity index (χ0) is 18.2. The maximum atomic E-state index is 12.1. The van der Waals surface area contributed by atoms with Crippen LogP contribution in [0.5, 0.6) is 0 Å². The van der Waals surface area contributed by atoms with E-state index in [9.17, 15) is 14.7 Å². The standard InChI is InChI=1S/C19H21NO4S/c1-13-7-5-6-10-15(13)11-16(12-25)20-19(23)24-17(18(21)22)14-8-3-2-4-9-14/h2-10,16-17,25H,11-12H2,1H3,(H,20,23)(H,21,22)/t16?,17-/m1/s1. The third-order valence-corrected chi connectivity index (χ3v) is 4.26. The Bertz CT molecular complexity index is 720. The predicted octanol–water partition coefficient (Wildman–Crippen LogP) is 3.39. The molecule has 2 rings (SSSR count). The highest BCUT2D eigenvalue weighted by molar-refractivity contribution is 7.80. The number of ether oxygens (including phenoxy) is 1. The summed E-state index contributed by atoms with van der Waals surface area (Å²) in [7, 11) is 0. The van der Waals surface area contributed by atoms with E-state index < -0.39 is 18.2 Å². The molecule has 0 aliphatic rings. The van der Waals surface area contributed by atoms with Gasteiger partial charge in [0.2, 0.25) is 6.10 Å². The van der Waals surface area contributed by atoms with Gasteiger partial charge in [0.15, 0.2) is 0 Å². The lowest BCUT2D eigenvalue weighted by Gasteiger charge is -2.20. The number of aliphatic carboxylic acids is 1. The lowest BCUT2D eigenvalue weighted by Crippen LogP contribution is -2.39. The molecule has 2 N–H and O–H groups in total. The van der Waals surface area contributed by atoms with Gasteiger partial charge in [0, 0.05) is 17.4 Å². The van der Waals surface area contributed by atoms with Crippen molar-refractivity contribution >= 4 is 24.7 Å². The van der Waals surface area contributed by atoms with Crippen LogP contribution in [-0.4, -0.2) is 29.0 Å². The zero-order valence-electron chi connectivity index (χ0n) is 13.9. The van der Waals surface area contributed by atoms with Gasteiger partial charge in [-0.2, -0.15) is 12.6 Å². The fourth-order valence-corrected chi connectivity index (χ4v) is 2.68. The molecule has 1 unspecified atom stereocenters. The highest BCUT2D eigenvalue weighted by atomic mass is 32.1. The Morgan fingerprint density at radius 1 is 1.12 bits per heavy atom. The van der Waals surface area contributed by atoms with Crippen molar-refractivity contribution in [2.75, 3.05) is 5.75 Å². The van der Waals surface area contributed by atoms with E-state index in [-0.39, 0.29) is 6.04 Å². The van der Waals surface area contributed by atoms with Crippen LogP contribution in [0, 0.1) is 6.92 Å². The summed E-state index contributed by atoms with van der Waals surface area (Å²) >= 11 is 4.27. The first-order valence-corrected chi connectivity index (χ1v) is 8.54. The number of benzene rings is 2. The van der Waals surface area contributed by atoms with Crippen LogP contribution in [0.4, 0.5) is 4.79 Å². The molecule has 6 heteroatoms. The van der Waals surface area contributed by atoms with E-state index in [1.807, 2.05) is 31.2 Å². The Hall–Kier alpha value is -2.47. The van der Waals surface area contributed by atoms with Crippen LogP contribution in [-0.2, 0) is 16.0 Å². The number of carbonyl (C=O) groups is 2. The van der Waals surface area contributed by atoms with Crippen LogP contribution in [0.2, 0.25) is 0 Å². The zero-order valence-corrected chi connectivity index (χ0v) is 14.8. The molecule has 2 aromatic rings. The van der Waals surface area contributed by atoms with Gasteiger partial charge in [0.1, 0.15) is 0 Å². The third kappa shape index (κ3) is 5.53. The number of rotatable bonds is 7. The first-order valence-electron chi connectivity index (χ1n) is 7.91. The molecule has 0 aliphatic carbocycles. The molecule has 2 aromatic carbocycles. The number of thiol groups is 1. The number of nitrogens with one attached hydrogen (secondary N) is 1. The van der Waals surface area contributed by atoms with Crippen molar-refractivity contribution in [3.8, 4) is 0 Å². The van der Waals surface area contributed by atoms with Crippen molar-refractivity contribution < 1.29 is 19.4 Å². The molecule has 0 bridgehead atoms. The normalized spacial score (nSPS) is 12.9. The van der Waals surface area contributed by atoms with Crippen LogP contribution < -0.4 is 5.32 Å². The topological polar surface area (TPSA) is 75.6 Å². The molecule has 0 saturated carbocycles. The first kappa shape index (κ1) is 18.9. The minimum absolute atomic E-state index is 0.262. The summed E-state index contributed by atoms with van der Waals surface area (Å²) in [5.74, 6) is -0.811. The van der Waals surface area contributed by atoms with Crippen LogP contribution >= 0.6 is 12.6 Å². The predicted molar refractivity (Wildman–Crippen MR) is 99.0 cm³/mol. The van der Waals surface area contributed by atoms with Gasteiger partial charge in [-0.3, -0.25) is 0 Å². The molecule has 132 valence electrons. The Morgan fingerprint density at radius 3 is 2.36 bits per heavy atom. The second kappa shape index (κ2) is 9.13. The van der Waals surface area contributed by atoms with E-state index in [1.165, 1.54) is 0 Å². The first-order chi connectivity index (χ1) is 12.0. The fourth-order valence-electron chi connectivity index (χ4n) is 2.46. The van der Waals surface area contributed by atoms with Gasteiger partial charge in [-0.05, 0) is 24.5 Å². The fraction of sp³-hybridized carbons (Fsp3) is 0.263. The van der Waals surface area contributed by atoms with Gasteiger partial charge >= 0.3 is 12.1 Å². The average molecular weight is 359 g/mol. The molecular weight excluding hydrogens is 338 g/mol. The maximum Gasteiger partial charge on any atom is 0.408 e. The summed E-state index contributed by atoms with van der Waals surface area (Å²) in [4.78, 5) is 23.6. The summed E-state index contributed by atoms with van der Waals surface area (Å²) in [6.07, 6.45) is -1.53. The van der Waals surface area contributed by atoms with Gasteiger partial charge in [-0.15, -0.1) is 0 Å². The van der Waals surface area contributed by atoms with Crippen LogP contribution in [0.15, 0.2) is 54.6 Å². The van der Waals surface area contributed by atoms with Crippen LogP contribution in [0.25, 0.3) is 0 Å². The van der Waals surface area contributed by atoms with Gasteiger partial charge < -0.3 is 15.2 Å². The van der Waals surface area contributed by atoms with Crippen LogP contribution in [0.1, 0.15) is 22.8 Å². The molecule has 0 radical (unpaired) electrons. The number of hydrogen-bond acceptors (Lipinski definition) is 4. The molecule has 0 aromatic heterocycles. The van der Waals surface area contributed by atoms with Crippen LogP contribution in [0.3, 0.4) is 0 Å². The number of aryl methyl sites for hydroxylation is 1. The Morgan fingerprint density at radius 2 is 1.76 bits per heavy atom. The Labute approximate surface area is 152 Å². The minimum Gasteiger partial charge on any atom is -0.478 e. The summed E-state index contributed by atoms with van der Waals surface area (Å²) in [6.45, 7) is 2.00. The number of hydrogen-bond donors (Lipinski definition) is 3. The second-order valence-corrected chi connectivity index (χ2v) is 6.05. The van der Waals surface area contributed by atoms with Gasteiger partial charge in [-0.1, -0.05) is 54.6 Å². The largest absolute Gasteiger partial charge is 0.478 e. The van der Waals surface area contributed by atoms with Crippen molar-refractivity contribution in [1.29, 1.82) is 0 Å². The highest BCUT2D eigenvalue weighted by Crippen LogP contribution is 2.18. The minimum atomic E-state index is -1.35. The summed E-state index contributed by atoms with van der Waals surface area (Å²) in [5, 5.41) is 12.0. The van der Waals surface area contributed by atoms with E-state index in [1.54, 1.807) is 30.3 Å². The Balaban J connectivity index is 2.01. The van der Waals surface area contributed by atoms with E-state index >= 15 is 0 Å². The van der Waals surface area contributed by atoms with E-state index in [0.29, 0.717) is 17.7 Å². The van der Waals surface area contributed by atoms with E-state index in [0.717, 1.165) is 11.1 Å². The van der Waals surface area contributed by atoms with E-state index in [2.05, 4.69) is 17.9 Å². The summed E-state index contributed by atoms with van der Waals surface area (Å²) < 4.78 is 5.11. The molecule has 0 heterocycles. The van der Waals surface area contributed by atoms with Gasteiger partial charge in [0.05, 0.1) is 0 Å². The summed E-state index contributed by atoms with van der Waals surface area (Å²) in [5.41, 5.74) is 2.63. The lowest BCUT2D eigenvalue weighted by molar-refractivity contribution is -0.147. The van der Waals surface area contributed by atoms with Crippen molar-refractivity contribution in [3.05, 3.63) is 71.3 Å². The number of alkyl carbamates (subject to hydrolysis) is 1. The molecule has 0 saturated heterocycles. The average Bonchev–Trinajstić information content (AvgIpc) is 2.61. The smallest absolute Gasteiger partial charge is 0.408 e. The molecule has 5 nitrogen and oxygen atoms in total. The molecule has 1 amide bonds. The SMILES string of the molecule is Cc1ccccc1CC(CS)NC(=O)O[C@@H](C(=O)O)c1ccccc1. The quantitative estimate of drug-likeness (QED) is 0.663. The molecule has 2 atom stereocenters. The molecule has 0 spiro atoms. The number of carbonyl (C=O) groups excluding carboxylic acids is 1. The second-order valence-electron chi connectivity index (χ2n) is 5.69. The van der Waals surface area contributed by atoms with Crippen molar-refractivity contribution in [1.82, 2.24) is 5.32 Å². The van der Waals surface area contributed by atoms with E-state index in [4.69, 9.17) is 4.74 Å². The molecular formula is C19H21NO4S. The lowest BCUT2D eigenvalue weighted by atomic mass is 10.0. The molecule has 25 heavy (non-hydrogen) atoms. The van der Waals surface area contributed by atoms with Crippen molar-refractivity contribution in [3.63, 3.8) is 0 Å². The number of carboxylic acid groups (broad SMARTS) is 1.